The Labute approximate surface area is 108 Å². The Kier molecular flexibility index (Phi) is 3.96. The van der Waals surface area contributed by atoms with Crippen LogP contribution in [0.4, 0.5) is 5.69 Å². The van der Waals surface area contributed by atoms with E-state index in [9.17, 15) is 10.1 Å². The topological polar surface area (TPSA) is 63.4 Å². The van der Waals surface area contributed by atoms with Gasteiger partial charge in [-0.25, -0.2) is 0 Å². The van der Waals surface area contributed by atoms with E-state index in [0.29, 0.717) is 5.56 Å². The molecule has 2 aromatic rings. The van der Waals surface area contributed by atoms with Crippen LogP contribution in [-0.4, -0.2) is 10.0 Å². The lowest BCUT2D eigenvalue weighted by Crippen LogP contribution is -1.95. The van der Waals surface area contributed by atoms with Gasteiger partial charge in [0.2, 0.25) is 0 Å². The Morgan fingerprint density at radius 2 is 1.83 bits per heavy atom. The zero-order valence-corrected chi connectivity index (χ0v) is 10.3. The molecule has 0 unspecified atom stereocenters. The van der Waals surface area contributed by atoms with Crippen LogP contribution in [0.3, 0.4) is 0 Å². The summed E-state index contributed by atoms with van der Waals surface area (Å²) >= 11 is 1.50. The average molecular weight is 261 g/mol. The van der Waals surface area contributed by atoms with Gasteiger partial charge in [-0.3, -0.25) is 10.1 Å². The number of benzene rings is 2. The SMILES string of the molecule is O=[N+]([O-])c1ccc(Sc2ccccc2)cc1CO. The summed E-state index contributed by atoms with van der Waals surface area (Å²) < 4.78 is 0. The third-order valence-corrected chi connectivity index (χ3v) is 3.39. The number of nitro benzene ring substituents is 1. The van der Waals surface area contributed by atoms with Crippen LogP contribution in [-0.2, 0) is 6.61 Å². The van der Waals surface area contributed by atoms with E-state index in [-0.39, 0.29) is 12.3 Å². The van der Waals surface area contributed by atoms with Crippen LogP contribution in [0.25, 0.3) is 0 Å². The third-order valence-electron chi connectivity index (χ3n) is 2.40. The van der Waals surface area contributed by atoms with E-state index in [2.05, 4.69) is 0 Å². The van der Waals surface area contributed by atoms with Crippen LogP contribution in [0.5, 0.6) is 0 Å². The lowest BCUT2D eigenvalue weighted by molar-refractivity contribution is -0.385. The smallest absolute Gasteiger partial charge is 0.274 e. The quantitative estimate of drug-likeness (QED) is 0.678. The molecule has 0 aromatic heterocycles. The van der Waals surface area contributed by atoms with Crippen LogP contribution < -0.4 is 0 Å². The number of aliphatic hydroxyl groups is 1. The Bertz CT molecular complexity index is 557. The lowest BCUT2D eigenvalue weighted by Gasteiger charge is -2.04. The molecule has 0 fully saturated rings. The Morgan fingerprint density at radius 3 is 2.44 bits per heavy atom. The van der Waals surface area contributed by atoms with Crippen molar-refractivity contribution in [1.82, 2.24) is 0 Å². The molecule has 0 aliphatic heterocycles. The van der Waals surface area contributed by atoms with Gasteiger partial charge in [0.05, 0.1) is 17.1 Å². The van der Waals surface area contributed by atoms with Crippen molar-refractivity contribution in [3.05, 3.63) is 64.2 Å². The molecule has 0 aliphatic carbocycles. The second kappa shape index (κ2) is 5.66. The molecule has 0 radical (unpaired) electrons. The Hall–Kier alpha value is -1.85. The van der Waals surface area contributed by atoms with Gasteiger partial charge in [0.15, 0.2) is 0 Å². The van der Waals surface area contributed by atoms with Crippen molar-refractivity contribution >= 4 is 17.4 Å². The highest BCUT2D eigenvalue weighted by Crippen LogP contribution is 2.31. The molecule has 4 nitrogen and oxygen atoms in total. The molecule has 92 valence electrons. The van der Waals surface area contributed by atoms with Crippen molar-refractivity contribution in [1.29, 1.82) is 0 Å². The molecule has 0 bridgehead atoms. The summed E-state index contributed by atoms with van der Waals surface area (Å²) in [5, 5.41) is 19.9. The van der Waals surface area contributed by atoms with Gasteiger partial charge in [-0.1, -0.05) is 30.0 Å². The van der Waals surface area contributed by atoms with Crippen LogP contribution in [0.2, 0.25) is 0 Å². The fourth-order valence-electron chi connectivity index (χ4n) is 1.55. The highest BCUT2D eigenvalue weighted by molar-refractivity contribution is 7.99. The second-order valence-corrected chi connectivity index (χ2v) is 4.77. The predicted octanol–water partition coefficient (Wildman–Crippen LogP) is 3.24. The zero-order valence-electron chi connectivity index (χ0n) is 9.45. The first-order valence-corrected chi connectivity index (χ1v) is 6.13. The molecular formula is C13H11NO3S. The first-order valence-electron chi connectivity index (χ1n) is 5.32. The highest BCUT2D eigenvalue weighted by Gasteiger charge is 2.13. The number of aliphatic hydroxyl groups excluding tert-OH is 1. The molecule has 0 amide bonds. The fourth-order valence-corrected chi connectivity index (χ4v) is 2.46. The molecular weight excluding hydrogens is 250 g/mol. The van der Waals surface area contributed by atoms with Gasteiger partial charge in [-0.2, -0.15) is 0 Å². The van der Waals surface area contributed by atoms with Crippen LogP contribution in [0, 0.1) is 10.1 Å². The summed E-state index contributed by atoms with van der Waals surface area (Å²) in [6.07, 6.45) is 0. The maximum Gasteiger partial charge on any atom is 0.274 e. The first-order chi connectivity index (χ1) is 8.70. The molecule has 2 rings (SSSR count). The van der Waals surface area contributed by atoms with Crippen molar-refractivity contribution in [2.75, 3.05) is 0 Å². The number of nitrogens with zero attached hydrogens (tertiary/aromatic N) is 1. The van der Waals surface area contributed by atoms with Gasteiger partial charge < -0.3 is 5.11 Å². The van der Waals surface area contributed by atoms with Gasteiger partial charge in [-0.15, -0.1) is 0 Å². The van der Waals surface area contributed by atoms with E-state index in [1.807, 2.05) is 30.3 Å². The van der Waals surface area contributed by atoms with Crippen molar-refractivity contribution in [2.24, 2.45) is 0 Å². The van der Waals surface area contributed by atoms with Gasteiger partial charge in [0, 0.05) is 15.9 Å². The summed E-state index contributed by atoms with van der Waals surface area (Å²) in [6.45, 7) is -0.334. The zero-order chi connectivity index (χ0) is 13.0. The maximum atomic E-state index is 10.7. The molecule has 2 aromatic carbocycles. The fraction of sp³-hybridized carbons (Fsp3) is 0.0769. The molecule has 1 N–H and O–H groups in total. The van der Waals surface area contributed by atoms with Crippen molar-refractivity contribution < 1.29 is 10.0 Å². The van der Waals surface area contributed by atoms with Gasteiger partial charge in [0.1, 0.15) is 0 Å². The largest absolute Gasteiger partial charge is 0.391 e. The molecule has 0 saturated carbocycles. The highest BCUT2D eigenvalue weighted by atomic mass is 32.2. The predicted molar refractivity (Wildman–Crippen MR) is 69.6 cm³/mol. The van der Waals surface area contributed by atoms with Crippen molar-refractivity contribution in [3.8, 4) is 0 Å². The summed E-state index contributed by atoms with van der Waals surface area (Å²) in [5.41, 5.74) is 0.288. The third kappa shape index (κ3) is 2.88. The van der Waals surface area contributed by atoms with E-state index in [0.717, 1.165) is 9.79 Å². The summed E-state index contributed by atoms with van der Waals surface area (Å²) in [4.78, 5) is 12.2. The number of rotatable bonds is 4. The summed E-state index contributed by atoms with van der Waals surface area (Å²) in [7, 11) is 0. The van der Waals surface area contributed by atoms with Gasteiger partial charge in [-0.05, 0) is 24.3 Å². The Balaban J connectivity index is 2.28. The second-order valence-electron chi connectivity index (χ2n) is 3.62. The monoisotopic (exact) mass is 261 g/mol. The minimum atomic E-state index is -0.484. The van der Waals surface area contributed by atoms with E-state index < -0.39 is 4.92 Å². The van der Waals surface area contributed by atoms with Gasteiger partial charge >= 0.3 is 0 Å². The molecule has 18 heavy (non-hydrogen) atoms. The van der Waals surface area contributed by atoms with E-state index in [1.165, 1.54) is 17.8 Å². The van der Waals surface area contributed by atoms with E-state index >= 15 is 0 Å². The van der Waals surface area contributed by atoms with Crippen LogP contribution in [0.15, 0.2) is 58.3 Å². The number of nitro groups is 1. The average Bonchev–Trinajstić information content (AvgIpc) is 2.39. The molecule has 0 heterocycles. The normalized spacial score (nSPS) is 10.3. The molecule has 5 heteroatoms. The van der Waals surface area contributed by atoms with Crippen molar-refractivity contribution in [3.63, 3.8) is 0 Å². The summed E-state index contributed by atoms with van der Waals surface area (Å²) in [6, 6.07) is 14.5. The molecule has 0 spiro atoms. The maximum absolute atomic E-state index is 10.7. The minimum absolute atomic E-state index is 0.0464. The molecule has 0 atom stereocenters. The molecule has 0 aliphatic rings. The standard InChI is InChI=1S/C13H11NO3S/c15-9-10-8-12(6-7-13(10)14(16)17)18-11-4-2-1-3-5-11/h1-8,15H,9H2. The van der Waals surface area contributed by atoms with Crippen molar-refractivity contribution in [2.45, 2.75) is 16.4 Å². The number of hydrogen-bond donors (Lipinski definition) is 1. The van der Waals surface area contributed by atoms with E-state index in [1.54, 1.807) is 12.1 Å². The minimum Gasteiger partial charge on any atom is -0.391 e. The van der Waals surface area contributed by atoms with Crippen LogP contribution >= 0.6 is 11.8 Å². The summed E-state index contributed by atoms with van der Waals surface area (Å²) in [5.74, 6) is 0. The lowest BCUT2D eigenvalue weighted by atomic mass is 10.2. The van der Waals surface area contributed by atoms with Crippen LogP contribution in [0.1, 0.15) is 5.56 Å². The number of hydrogen-bond acceptors (Lipinski definition) is 4. The van der Waals surface area contributed by atoms with Gasteiger partial charge in [0.25, 0.3) is 5.69 Å². The van der Waals surface area contributed by atoms with E-state index in [4.69, 9.17) is 5.11 Å². The first kappa shape index (κ1) is 12.6. The molecule has 0 saturated heterocycles. The Morgan fingerprint density at radius 1 is 1.11 bits per heavy atom.